The quantitative estimate of drug-likeness (QED) is 0.849. The first kappa shape index (κ1) is 10.8. The summed E-state index contributed by atoms with van der Waals surface area (Å²) in [7, 11) is 0. The van der Waals surface area contributed by atoms with Crippen molar-refractivity contribution in [3.05, 3.63) is 47.8 Å². The minimum atomic E-state index is 0.575. The average molecular weight is 212 g/mol. The number of nitrogens with zero attached hydrogens (tertiary/aromatic N) is 1. The van der Waals surface area contributed by atoms with E-state index in [-0.39, 0.29) is 0 Å². The highest BCUT2D eigenvalue weighted by atomic mass is 14.6. The Morgan fingerprint density at radius 3 is 2.94 bits per heavy atom. The molecule has 0 fully saturated rings. The van der Waals surface area contributed by atoms with Gasteiger partial charge < -0.3 is 5.73 Å². The van der Waals surface area contributed by atoms with E-state index in [9.17, 15) is 0 Å². The number of hydrogen-bond donors (Lipinski definition) is 1. The fourth-order valence-electron chi connectivity index (χ4n) is 1.85. The maximum absolute atomic E-state index is 5.44. The van der Waals surface area contributed by atoms with Gasteiger partial charge in [-0.25, -0.2) is 0 Å². The first-order chi connectivity index (χ1) is 7.85. The predicted octanol–water partition coefficient (Wildman–Crippen LogP) is 2.77. The molecule has 1 aromatic carbocycles. The summed E-state index contributed by atoms with van der Waals surface area (Å²) in [4.78, 5) is 4.26. The number of nitrogens with two attached hydrogens (primary N) is 1. The molecule has 0 aliphatic heterocycles. The van der Waals surface area contributed by atoms with Crippen LogP contribution in [0, 0.1) is 0 Å². The van der Waals surface area contributed by atoms with E-state index in [4.69, 9.17) is 5.73 Å². The average Bonchev–Trinajstić information content (AvgIpc) is 2.35. The minimum Gasteiger partial charge on any atom is -0.327 e. The number of aromatic nitrogens is 1. The Labute approximate surface area is 95.8 Å². The number of rotatable bonds is 3. The van der Waals surface area contributed by atoms with E-state index in [0.29, 0.717) is 6.54 Å². The molecule has 0 amide bonds. The number of aryl methyl sites for hydroxylation is 1. The monoisotopic (exact) mass is 212 g/mol. The van der Waals surface area contributed by atoms with Gasteiger partial charge in [0.15, 0.2) is 0 Å². The summed E-state index contributed by atoms with van der Waals surface area (Å²) >= 11 is 0. The van der Waals surface area contributed by atoms with Crippen LogP contribution < -0.4 is 5.73 Å². The molecular weight excluding hydrogens is 196 g/mol. The van der Waals surface area contributed by atoms with E-state index in [0.717, 1.165) is 6.42 Å². The largest absolute Gasteiger partial charge is 0.327 e. The Kier molecular flexibility index (Phi) is 3.32. The van der Waals surface area contributed by atoms with E-state index >= 15 is 0 Å². The molecule has 0 bridgehead atoms. The lowest BCUT2D eigenvalue weighted by molar-refractivity contribution is 1.13. The summed E-state index contributed by atoms with van der Waals surface area (Å²) in [5.74, 6) is 0. The highest BCUT2D eigenvalue weighted by molar-refractivity contribution is 5.86. The van der Waals surface area contributed by atoms with Crippen LogP contribution in [0.15, 0.2) is 36.7 Å². The van der Waals surface area contributed by atoms with Crippen LogP contribution in [-0.4, -0.2) is 11.5 Å². The molecular formula is C14H16N2. The molecule has 0 spiro atoms. The Bertz CT molecular complexity index is 515. The van der Waals surface area contributed by atoms with Crippen LogP contribution in [0.2, 0.25) is 0 Å². The highest BCUT2D eigenvalue weighted by Crippen LogP contribution is 2.20. The lowest BCUT2D eigenvalue weighted by atomic mass is 10.0. The Hall–Kier alpha value is -1.67. The van der Waals surface area contributed by atoms with E-state index in [1.165, 1.54) is 21.9 Å². The molecule has 1 heterocycles. The second kappa shape index (κ2) is 4.90. The van der Waals surface area contributed by atoms with Crippen molar-refractivity contribution in [1.29, 1.82) is 0 Å². The summed E-state index contributed by atoms with van der Waals surface area (Å²) in [6, 6.07) is 6.42. The smallest absolute Gasteiger partial charge is 0.0346 e. The van der Waals surface area contributed by atoms with Crippen molar-refractivity contribution in [2.75, 3.05) is 6.54 Å². The molecule has 0 aliphatic carbocycles. The summed E-state index contributed by atoms with van der Waals surface area (Å²) in [6.45, 7) is 2.73. The first-order valence-electron chi connectivity index (χ1n) is 5.58. The van der Waals surface area contributed by atoms with Crippen molar-refractivity contribution in [3.63, 3.8) is 0 Å². The molecule has 16 heavy (non-hydrogen) atoms. The standard InChI is InChI=1S/C14H16N2/c1-2-12-9-16-10-13-8-11(4-3-7-15)5-6-14(12)13/h3-6,8-10H,2,7,15H2,1H3/b4-3+. The van der Waals surface area contributed by atoms with Crippen LogP contribution in [-0.2, 0) is 6.42 Å². The van der Waals surface area contributed by atoms with Gasteiger partial charge in [-0.2, -0.15) is 0 Å². The first-order valence-corrected chi connectivity index (χ1v) is 5.58. The SMILES string of the molecule is CCc1cncc2cc(/C=C/CN)ccc12. The zero-order valence-corrected chi connectivity index (χ0v) is 9.48. The van der Waals surface area contributed by atoms with Gasteiger partial charge in [0.05, 0.1) is 0 Å². The van der Waals surface area contributed by atoms with Crippen LogP contribution >= 0.6 is 0 Å². The van der Waals surface area contributed by atoms with Crippen LogP contribution in [0.3, 0.4) is 0 Å². The molecule has 2 N–H and O–H groups in total. The Morgan fingerprint density at radius 1 is 1.31 bits per heavy atom. The number of pyridine rings is 1. The maximum Gasteiger partial charge on any atom is 0.0346 e. The molecule has 2 nitrogen and oxygen atoms in total. The lowest BCUT2D eigenvalue weighted by Crippen LogP contribution is -1.92. The van der Waals surface area contributed by atoms with Gasteiger partial charge in [-0.3, -0.25) is 4.98 Å². The topological polar surface area (TPSA) is 38.9 Å². The van der Waals surface area contributed by atoms with E-state index in [2.05, 4.69) is 30.1 Å². The zero-order chi connectivity index (χ0) is 11.4. The number of hydrogen-bond acceptors (Lipinski definition) is 2. The molecule has 0 atom stereocenters. The lowest BCUT2D eigenvalue weighted by Gasteiger charge is -2.04. The van der Waals surface area contributed by atoms with Crippen molar-refractivity contribution in [1.82, 2.24) is 4.98 Å². The molecule has 82 valence electrons. The van der Waals surface area contributed by atoms with Crippen molar-refractivity contribution >= 4 is 16.8 Å². The van der Waals surface area contributed by atoms with Crippen molar-refractivity contribution in [2.24, 2.45) is 5.73 Å². The van der Waals surface area contributed by atoms with Gasteiger partial charge in [-0.1, -0.05) is 31.2 Å². The van der Waals surface area contributed by atoms with Gasteiger partial charge in [0.2, 0.25) is 0 Å². The molecule has 0 aliphatic rings. The second-order valence-corrected chi connectivity index (χ2v) is 3.77. The van der Waals surface area contributed by atoms with Gasteiger partial charge in [0.25, 0.3) is 0 Å². The van der Waals surface area contributed by atoms with E-state index in [1.54, 1.807) is 0 Å². The van der Waals surface area contributed by atoms with Gasteiger partial charge >= 0.3 is 0 Å². The fourth-order valence-corrected chi connectivity index (χ4v) is 1.85. The molecule has 0 saturated carbocycles. The molecule has 0 saturated heterocycles. The Morgan fingerprint density at radius 2 is 2.19 bits per heavy atom. The minimum absolute atomic E-state index is 0.575. The van der Waals surface area contributed by atoms with Gasteiger partial charge in [0.1, 0.15) is 0 Å². The number of fused-ring (bicyclic) bond motifs is 1. The van der Waals surface area contributed by atoms with Crippen molar-refractivity contribution in [3.8, 4) is 0 Å². The second-order valence-electron chi connectivity index (χ2n) is 3.77. The maximum atomic E-state index is 5.44. The molecule has 2 aromatic rings. The van der Waals surface area contributed by atoms with Crippen LogP contribution in [0.25, 0.3) is 16.8 Å². The van der Waals surface area contributed by atoms with Crippen molar-refractivity contribution < 1.29 is 0 Å². The number of benzene rings is 1. The van der Waals surface area contributed by atoms with Gasteiger partial charge in [-0.15, -0.1) is 0 Å². The predicted molar refractivity (Wildman–Crippen MR) is 69.2 cm³/mol. The van der Waals surface area contributed by atoms with Gasteiger partial charge in [0, 0.05) is 24.3 Å². The molecule has 0 radical (unpaired) electrons. The summed E-state index contributed by atoms with van der Waals surface area (Å²) in [5.41, 5.74) is 7.91. The summed E-state index contributed by atoms with van der Waals surface area (Å²) < 4.78 is 0. The third-order valence-corrected chi connectivity index (χ3v) is 2.69. The third kappa shape index (κ3) is 2.12. The van der Waals surface area contributed by atoms with Crippen LogP contribution in [0.1, 0.15) is 18.1 Å². The molecule has 1 aromatic heterocycles. The van der Waals surface area contributed by atoms with E-state index in [1.807, 2.05) is 24.5 Å². The molecule has 0 unspecified atom stereocenters. The zero-order valence-electron chi connectivity index (χ0n) is 9.48. The van der Waals surface area contributed by atoms with Crippen LogP contribution in [0.4, 0.5) is 0 Å². The van der Waals surface area contributed by atoms with E-state index < -0.39 is 0 Å². The summed E-state index contributed by atoms with van der Waals surface area (Å²) in [6.07, 6.45) is 8.87. The summed E-state index contributed by atoms with van der Waals surface area (Å²) in [5, 5.41) is 2.49. The third-order valence-electron chi connectivity index (χ3n) is 2.69. The van der Waals surface area contributed by atoms with Crippen molar-refractivity contribution in [2.45, 2.75) is 13.3 Å². The normalized spacial score (nSPS) is 11.4. The highest BCUT2D eigenvalue weighted by Gasteiger charge is 1.99. The van der Waals surface area contributed by atoms with Gasteiger partial charge in [-0.05, 0) is 29.0 Å². The molecule has 2 heteroatoms. The Balaban J connectivity index is 2.51. The molecule has 2 rings (SSSR count). The van der Waals surface area contributed by atoms with Crippen LogP contribution in [0.5, 0.6) is 0 Å². The fraction of sp³-hybridized carbons (Fsp3) is 0.214.